The van der Waals surface area contributed by atoms with Gasteiger partial charge in [-0.2, -0.15) is 13.2 Å². The van der Waals surface area contributed by atoms with Crippen molar-refractivity contribution in [3.63, 3.8) is 0 Å². The fourth-order valence-corrected chi connectivity index (χ4v) is 5.46. The first-order valence-electron chi connectivity index (χ1n) is 7.00. The molecule has 2 heterocycles. The molecule has 22 heavy (non-hydrogen) atoms. The number of alkyl halides is 3. The summed E-state index contributed by atoms with van der Waals surface area (Å²) in [5.41, 5.74) is -0.478. The SMILES string of the molecule is O=S1(=O)C2C=C(c3ccc(C(F)(F)F)cc3F)CC1CCC2. The highest BCUT2D eigenvalue weighted by molar-refractivity contribution is 7.93. The molecule has 2 aliphatic heterocycles. The number of hydrogen-bond donors (Lipinski definition) is 0. The predicted molar refractivity (Wildman–Crippen MR) is 74.3 cm³/mol. The van der Waals surface area contributed by atoms with Crippen LogP contribution in [0.1, 0.15) is 36.8 Å². The number of fused-ring (bicyclic) bond motifs is 2. The Morgan fingerprint density at radius 3 is 2.45 bits per heavy atom. The molecule has 1 saturated heterocycles. The third kappa shape index (κ3) is 2.55. The summed E-state index contributed by atoms with van der Waals surface area (Å²) in [6.45, 7) is 0. The van der Waals surface area contributed by atoms with E-state index in [-0.39, 0.29) is 12.0 Å². The van der Waals surface area contributed by atoms with Crippen LogP contribution < -0.4 is 0 Å². The minimum Gasteiger partial charge on any atom is -0.228 e. The number of halogens is 4. The van der Waals surface area contributed by atoms with E-state index >= 15 is 0 Å². The molecular formula is C15H14F4O2S. The van der Waals surface area contributed by atoms with Crippen molar-refractivity contribution in [3.05, 3.63) is 41.2 Å². The molecule has 0 spiro atoms. The van der Waals surface area contributed by atoms with Crippen LogP contribution in [0.3, 0.4) is 0 Å². The Hall–Kier alpha value is -1.37. The Labute approximate surface area is 125 Å². The van der Waals surface area contributed by atoms with E-state index < -0.39 is 37.9 Å². The summed E-state index contributed by atoms with van der Waals surface area (Å²) in [5, 5.41) is -1.19. The van der Waals surface area contributed by atoms with Crippen molar-refractivity contribution in [1.29, 1.82) is 0 Å². The Morgan fingerprint density at radius 1 is 1.14 bits per heavy atom. The Balaban J connectivity index is 2.01. The zero-order valence-corrected chi connectivity index (χ0v) is 12.3. The lowest BCUT2D eigenvalue weighted by atomic mass is 9.92. The van der Waals surface area contributed by atoms with Crippen molar-refractivity contribution in [1.82, 2.24) is 0 Å². The van der Waals surface area contributed by atoms with Gasteiger partial charge in [0.25, 0.3) is 0 Å². The van der Waals surface area contributed by atoms with Crippen molar-refractivity contribution in [2.45, 2.75) is 42.4 Å². The van der Waals surface area contributed by atoms with Crippen LogP contribution in [0.5, 0.6) is 0 Å². The molecule has 0 aromatic heterocycles. The molecule has 0 N–H and O–H groups in total. The quantitative estimate of drug-likeness (QED) is 0.728. The van der Waals surface area contributed by atoms with Crippen molar-refractivity contribution >= 4 is 15.4 Å². The summed E-state index contributed by atoms with van der Waals surface area (Å²) in [4.78, 5) is 0. The summed E-state index contributed by atoms with van der Waals surface area (Å²) < 4.78 is 76.1. The van der Waals surface area contributed by atoms with Crippen LogP contribution in [-0.2, 0) is 16.0 Å². The zero-order chi connectivity index (χ0) is 16.1. The Morgan fingerprint density at radius 2 is 1.86 bits per heavy atom. The maximum atomic E-state index is 14.0. The third-order valence-electron chi connectivity index (χ3n) is 4.38. The van der Waals surface area contributed by atoms with Gasteiger partial charge in [0.05, 0.1) is 16.1 Å². The van der Waals surface area contributed by atoms with Crippen LogP contribution in [0.4, 0.5) is 17.6 Å². The second kappa shape index (κ2) is 5.08. The van der Waals surface area contributed by atoms with Crippen LogP contribution in [0.2, 0.25) is 0 Å². The van der Waals surface area contributed by atoms with Gasteiger partial charge < -0.3 is 0 Å². The van der Waals surface area contributed by atoms with Crippen LogP contribution in [-0.4, -0.2) is 18.9 Å². The van der Waals surface area contributed by atoms with E-state index in [9.17, 15) is 26.0 Å². The standard InChI is InChI=1S/C15H14F4O2S/c16-14-8-10(15(17,18)19)4-5-13(14)9-6-11-2-1-3-12(7-9)22(11,20)21/h4-6,8,11-12H,1-3,7H2. The van der Waals surface area contributed by atoms with Crippen LogP contribution in [0.25, 0.3) is 5.57 Å². The maximum absolute atomic E-state index is 14.0. The number of allylic oxidation sites excluding steroid dienone is 1. The van der Waals surface area contributed by atoms with Gasteiger partial charge in [0.2, 0.25) is 0 Å². The van der Waals surface area contributed by atoms with Crippen molar-refractivity contribution in [2.24, 2.45) is 0 Å². The van der Waals surface area contributed by atoms with E-state index in [1.54, 1.807) is 0 Å². The second-order valence-corrected chi connectivity index (χ2v) is 8.22. The molecule has 2 aliphatic rings. The molecule has 0 aliphatic carbocycles. The van der Waals surface area contributed by atoms with Gasteiger partial charge in [-0.1, -0.05) is 18.6 Å². The maximum Gasteiger partial charge on any atom is 0.416 e. The summed E-state index contributed by atoms with van der Waals surface area (Å²) >= 11 is 0. The van der Waals surface area contributed by atoms with Gasteiger partial charge in [0, 0.05) is 5.56 Å². The molecule has 2 atom stereocenters. The lowest BCUT2D eigenvalue weighted by molar-refractivity contribution is -0.137. The molecule has 2 nitrogen and oxygen atoms in total. The topological polar surface area (TPSA) is 34.1 Å². The van der Waals surface area contributed by atoms with Crippen molar-refractivity contribution in [2.75, 3.05) is 0 Å². The first-order valence-corrected chi connectivity index (χ1v) is 8.61. The second-order valence-electron chi connectivity index (χ2n) is 5.77. The molecule has 1 aromatic carbocycles. The summed E-state index contributed by atoms with van der Waals surface area (Å²) in [6.07, 6.45) is -1.10. The molecular weight excluding hydrogens is 320 g/mol. The lowest BCUT2D eigenvalue weighted by Gasteiger charge is -2.33. The van der Waals surface area contributed by atoms with Gasteiger partial charge in [-0.3, -0.25) is 0 Å². The summed E-state index contributed by atoms with van der Waals surface area (Å²) in [6, 6.07) is 2.39. The normalized spacial score (nSPS) is 27.4. The molecule has 7 heteroatoms. The number of rotatable bonds is 1. The molecule has 0 radical (unpaired) electrons. The van der Waals surface area contributed by atoms with Gasteiger partial charge in [-0.05, 0) is 37.0 Å². The third-order valence-corrected chi connectivity index (χ3v) is 6.93. The molecule has 0 saturated carbocycles. The zero-order valence-electron chi connectivity index (χ0n) is 11.5. The van der Waals surface area contributed by atoms with Crippen LogP contribution in [0.15, 0.2) is 24.3 Å². The average Bonchev–Trinajstić information content (AvgIpc) is 2.36. The number of hydrogen-bond acceptors (Lipinski definition) is 2. The first kappa shape index (κ1) is 15.5. The summed E-state index contributed by atoms with van der Waals surface area (Å²) in [5.74, 6) is -0.960. The lowest BCUT2D eigenvalue weighted by Crippen LogP contribution is -2.38. The van der Waals surface area contributed by atoms with Gasteiger partial charge in [0.1, 0.15) is 5.82 Å². The largest absolute Gasteiger partial charge is 0.416 e. The first-order chi connectivity index (χ1) is 10.2. The van der Waals surface area contributed by atoms with E-state index in [0.717, 1.165) is 18.6 Å². The highest BCUT2D eigenvalue weighted by Crippen LogP contribution is 2.40. The highest BCUT2D eigenvalue weighted by atomic mass is 32.2. The molecule has 2 bridgehead atoms. The van der Waals surface area contributed by atoms with Crippen molar-refractivity contribution in [3.8, 4) is 0 Å². The van der Waals surface area contributed by atoms with Gasteiger partial charge >= 0.3 is 6.18 Å². The smallest absolute Gasteiger partial charge is 0.228 e. The summed E-state index contributed by atoms with van der Waals surface area (Å²) in [7, 11) is -3.23. The number of benzene rings is 1. The fraction of sp³-hybridized carbons (Fsp3) is 0.467. The molecule has 0 amide bonds. The Bertz CT molecular complexity index is 734. The van der Waals surface area contributed by atoms with E-state index in [0.29, 0.717) is 24.5 Å². The molecule has 1 aromatic rings. The molecule has 3 rings (SSSR count). The molecule has 2 unspecified atom stereocenters. The fourth-order valence-electron chi connectivity index (χ4n) is 3.21. The van der Waals surface area contributed by atoms with Gasteiger partial charge in [-0.15, -0.1) is 0 Å². The van der Waals surface area contributed by atoms with E-state index in [1.807, 2.05) is 0 Å². The average molecular weight is 334 g/mol. The highest BCUT2D eigenvalue weighted by Gasteiger charge is 2.41. The minimum atomic E-state index is -4.60. The monoisotopic (exact) mass is 334 g/mol. The van der Waals surface area contributed by atoms with Crippen LogP contribution >= 0.6 is 0 Å². The van der Waals surface area contributed by atoms with Crippen LogP contribution in [0, 0.1) is 5.82 Å². The number of sulfone groups is 1. The van der Waals surface area contributed by atoms with E-state index in [1.165, 1.54) is 6.08 Å². The van der Waals surface area contributed by atoms with Crippen molar-refractivity contribution < 1.29 is 26.0 Å². The van der Waals surface area contributed by atoms with E-state index in [4.69, 9.17) is 0 Å². The van der Waals surface area contributed by atoms with E-state index in [2.05, 4.69) is 0 Å². The molecule has 120 valence electrons. The predicted octanol–water partition coefficient (Wildman–Crippen LogP) is 3.97. The molecule has 1 fully saturated rings. The van der Waals surface area contributed by atoms with Gasteiger partial charge in [-0.25, -0.2) is 12.8 Å². The minimum absolute atomic E-state index is 0.0693. The van der Waals surface area contributed by atoms with Gasteiger partial charge in [0.15, 0.2) is 9.84 Å². The Kier molecular flexibility index (Phi) is 3.58.